The van der Waals surface area contributed by atoms with Gasteiger partial charge in [-0.2, -0.15) is 0 Å². The highest BCUT2D eigenvalue weighted by Gasteiger charge is 2.28. The number of ether oxygens (including phenoxy) is 1. The van der Waals surface area contributed by atoms with Gasteiger partial charge in [-0.05, 0) is 26.2 Å². The van der Waals surface area contributed by atoms with Crippen LogP contribution in [0.3, 0.4) is 0 Å². The molecule has 116 valence electrons. The van der Waals surface area contributed by atoms with Crippen molar-refractivity contribution >= 4 is 17.2 Å². The van der Waals surface area contributed by atoms with Crippen molar-refractivity contribution in [3.05, 3.63) is 0 Å². The highest BCUT2D eigenvalue weighted by atomic mass is 32.1. The fourth-order valence-corrected chi connectivity index (χ4v) is 3.61. The van der Waals surface area contributed by atoms with E-state index in [-0.39, 0.29) is 0 Å². The number of hydrogen-bond donors (Lipinski definition) is 1. The average Bonchev–Trinajstić information content (AvgIpc) is 2.82. The maximum atomic E-state index is 5.92. The molecule has 3 unspecified atom stereocenters. The SMILES string of the molecule is CCCC(C(N)=S)N1CCN(CC2CCC(C)O2)CC1. The summed E-state index contributed by atoms with van der Waals surface area (Å²) >= 11 is 5.22. The van der Waals surface area contributed by atoms with Gasteiger partial charge in [0.1, 0.15) is 0 Å². The van der Waals surface area contributed by atoms with Crippen molar-refractivity contribution in [3.63, 3.8) is 0 Å². The minimum atomic E-state index is 0.292. The van der Waals surface area contributed by atoms with Gasteiger partial charge in [-0.3, -0.25) is 9.80 Å². The Morgan fingerprint density at radius 2 is 2.00 bits per heavy atom. The lowest BCUT2D eigenvalue weighted by Crippen LogP contribution is -2.54. The maximum absolute atomic E-state index is 5.92. The Balaban J connectivity index is 1.75. The van der Waals surface area contributed by atoms with Gasteiger partial charge in [0.25, 0.3) is 0 Å². The molecule has 0 aromatic heterocycles. The van der Waals surface area contributed by atoms with Gasteiger partial charge in [-0.1, -0.05) is 25.6 Å². The molecular formula is C15H29N3OS. The predicted molar refractivity (Wildman–Crippen MR) is 87.1 cm³/mol. The lowest BCUT2D eigenvalue weighted by Gasteiger charge is -2.39. The van der Waals surface area contributed by atoms with E-state index in [0.29, 0.717) is 23.2 Å². The predicted octanol–water partition coefficient (Wildman–Crippen LogP) is 1.63. The third kappa shape index (κ3) is 4.38. The molecule has 3 atom stereocenters. The molecule has 2 heterocycles. The minimum Gasteiger partial charge on any atom is -0.392 e. The second kappa shape index (κ2) is 7.69. The van der Waals surface area contributed by atoms with E-state index in [1.165, 1.54) is 12.8 Å². The third-order valence-electron chi connectivity index (χ3n) is 4.52. The lowest BCUT2D eigenvalue weighted by atomic mass is 10.1. The quantitative estimate of drug-likeness (QED) is 0.755. The zero-order valence-corrected chi connectivity index (χ0v) is 13.7. The standard InChI is InChI=1S/C15H29N3OS/c1-3-4-14(15(16)20)18-9-7-17(8-10-18)11-13-6-5-12(2)19-13/h12-14H,3-11H2,1-2H3,(H2,16,20). The molecule has 4 nitrogen and oxygen atoms in total. The second-order valence-corrected chi connectivity index (χ2v) is 6.66. The Morgan fingerprint density at radius 1 is 1.30 bits per heavy atom. The Bertz CT molecular complexity index is 318. The smallest absolute Gasteiger partial charge is 0.0902 e. The van der Waals surface area contributed by atoms with Crippen LogP contribution in [0.2, 0.25) is 0 Å². The van der Waals surface area contributed by atoms with Gasteiger partial charge in [-0.25, -0.2) is 0 Å². The van der Waals surface area contributed by atoms with Gasteiger partial charge >= 0.3 is 0 Å². The first kappa shape index (κ1) is 16.1. The van der Waals surface area contributed by atoms with Crippen molar-refractivity contribution in [2.24, 2.45) is 5.73 Å². The van der Waals surface area contributed by atoms with Crippen LogP contribution in [-0.4, -0.2) is 65.8 Å². The van der Waals surface area contributed by atoms with Crippen LogP contribution in [0.5, 0.6) is 0 Å². The molecule has 2 saturated heterocycles. The molecule has 2 rings (SSSR count). The van der Waals surface area contributed by atoms with Gasteiger partial charge in [0.2, 0.25) is 0 Å². The highest BCUT2D eigenvalue weighted by Crippen LogP contribution is 2.21. The summed E-state index contributed by atoms with van der Waals surface area (Å²) in [5, 5.41) is 0. The topological polar surface area (TPSA) is 41.7 Å². The van der Waals surface area contributed by atoms with E-state index in [2.05, 4.69) is 23.6 Å². The fourth-order valence-electron chi connectivity index (χ4n) is 3.34. The van der Waals surface area contributed by atoms with Crippen LogP contribution in [0.4, 0.5) is 0 Å². The molecular weight excluding hydrogens is 270 g/mol. The van der Waals surface area contributed by atoms with E-state index in [9.17, 15) is 0 Å². The summed E-state index contributed by atoms with van der Waals surface area (Å²) in [4.78, 5) is 5.65. The summed E-state index contributed by atoms with van der Waals surface area (Å²) in [6.07, 6.45) is 5.54. The van der Waals surface area contributed by atoms with Crippen LogP contribution in [-0.2, 0) is 4.74 Å². The van der Waals surface area contributed by atoms with E-state index in [1.54, 1.807) is 0 Å². The van der Waals surface area contributed by atoms with Crippen molar-refractivity contribution in [2.75, 3.05) is 32.7 Å². The Labute approximate surface area is 128 Å². The Kier molecular flexibility index (Phi) is 6.20. The van der Waals surface area contributed by atoms with Crippen LogP contribution in [0.25, 0.3) is 0 Å². The minimum absolute atomic E-state index is 0.292. The summed E-state index contributed by atoms with van der Waals surface area (Å²) < 4.78 is 5.92. The molecule has 2 aliphatic rings. The highest BCUT2D eigenvalue weighted by molar-refractivity contribution is 7.80. The van der Waals surface area contributed by atoms with Crippen LogP contribution < -0.4 is 5.73 Å². The molecule has 0 aromatic carbocycles. The summed E-state index contributed by atoms with van der Waals surface area (Å²) in [5.41, 5.74) is 5.89. The van der Waals surface area contributed by atoms with Crippen molar-refractivity contribution in [2.45, 2.75) is 57.8 Å². The lowest BCUT2D eigenvalue weighted by molar-refractivity contribution is 0.0170. The van der Waals surface area contributed by atoms with E-state index in [1.807, 2.05) is 0 Å². The first-order valence-electron chi connectivity index (χ1n) is 8.01. The second-order valence-electron chi connectivity index (χ2n) is 6.19. The summed E-state index contributed by atoms with van der Waals surface area (Å²) in [7, 11) is 0. The van der Waals surface area contributed by atoms with Crippen molar-refractivity contribution in [1.29, 1.82) is 0 Å². The van der Waals surface area contributed by atoms with Crippen LogP contribution in [0.1, 0.15) is 39.5 Å². The number of thiocarbonyl (C=S) groups is 1. The Morgan fingerprint density at radius 3 is 2.50 bits per heavy atom. The van der Waals surface area contributed by atoms with E-state index in [0.717, 1.165) is 45.6 Å². The molecule has 0 saturated carbocycles. The van der Waals surface area contributed by atoms with Gasteiger partial charge in [0.05, 0.1) is 23.2 Å². The molecule has 5 heteroatoms. The van der Waals surface area contributed by atoms with Gasteiger partial charge in [0, 0.05) is 32.7 Å². The molecule has 20 heavy (non-hydrogen) atoms. The van der Waals surface area contributed by atoms with Gasteiger partial charge in [0.15, 0.2) is 0 Å². The molecule has 0 spiro atoms. The number of hydrogen-bond acceptors (Lipinski definition) is 4. The zero-order chi connectivity index (χ0) is 14.5. The first-order chi connectivity index (χ1) is 9.60. The molecule has 0 aromatic rings. The third-order valence-corrected chi connectivity index (χ3v) is 4.79. The maximum Gasteiger partial charge on any atom is 0.0902 e. The molecule has 0 aliphatic carbocycles. The molecule has 2 N–H and O–H groups in total. The first-order valence-corrected chi connectivity index (χ1v) is 8.42. The molecule has 0 bridgehead atoms. The summed E-state index contributed by atoms with van der Waals surface area (Å²) in [6, 6.07) is 0.292. The normalized spacial score (nSPS) is 30.5. The summed E-state index contributed by atoms with van der Waals surface area (Å²) in [6.45, 7) is 9.82. The molecule has 0 radical (unpaired) electrons. The van der Waals surface area contributed by atoms with Crippen LogP contribution in [0, 0.1) is 0 Å². The number of nitrogens with two attached hydrogens (primary N) is 1. The Hall–Kier alpha value is -0.230. The van der Waals surface area contributed by atoms with E-state index in [4.69, 9.17) is 22.7 Å². The average molecular weight is 299 g/mol. The number of rotatable bonds is 6. The van der Waals surface area contributed by atoms with Crippen molar-refractivity contribution < 1.29 is 4.74 Å². The van der Waals surface area contributed by atoms with Crippen molar-refractivity contribution in [3.8, 4) is 0 Å². The van der Waals surface area contributed by atoms with E-state index >= 15 is 0 Å². The molecule has 2 aliphatic heterocycles. The van der Waals surface area contributed by atoms with Gasteiger partial charge < -0.3 is 10.5 Å². The van der Waals surface area contributed by atoms with Crippen LogP contribution >= 0.6 is 12.2 Å². The number of nitrogens with zero attached hydrogens (tertiary/aromatic N) is 2. The van der Waals surface area contributed by atoms with Gasteiger partial charge in [-0.15, -0.1) is 0 Å². The van der Waals surface area contributed by atoms with Crippen molar-refractivity contribution in [1.82, 2.24) is 9.80 Å². The molecule has 2 fully saturated rings. The van der Waals surface area contributed by atoms with E-state index < -0.39 is 0 Å². The zero-order valence-electron chi connectivity index (χ0n) is 12.9. The molecule has 0 amide bonds. The summed E-state index contributed by atoms with van der Waals surface area (Å²) in [5.74, 6) is 0. The number of piperazine rings is 1. The fraction of sp³-hybridized carbons (Fsp3) is 0.933. The largest absolute Gasteiger partial charge is 0.392 e. The van der Waals surface area contributed by atoms with Crippen LogP contribution in [0.15, 0.2) is 0 Å². The monoisotopic (exact) mass is 299 g/mol.